The summed E-state index contributed by atoms with van der Waals surface area (Å²) in [6.45, 7) is 1.84. The number of para-hydroxylation sites is 1. The number of fused-ring (bicyclic) bond motifs is 1. The highest BCUT2D eigenvalue weighted by Crippen LogP contribution is 2.21. The third-order valence-corrected chi connectivity index (χ3v) is 4.24. The van der Waals surface area contributed by atoms with Gasteiger partial charge in [-0.25, -0.2) is 4.79 Å². The lowest BCUT2D eigenvalue weighted by atomic mass is 10.1. The van der Waals surface area contributed by atoms with Crippen LogP contribution in [0.4, 0.5) is 4.79 Å². The summed E-state index contributed by atoms with van der Waals surface area (Å²) < 4.78 is 6.76. The number of cyclic esters (lactones) is 1. The lowest BCUT2D eigenvalue weighted by Crippen LogP contribution is -2.53. The first kappa shape index (κ1) is 13.7. The molecule has 2 fully saturated rings. The van der Waals surface area contributed by atoms with Gasteiger partial charge in [0.15, 0.2) is 0 Å². The van der Waals surface area contributed by atoms with Gasteiger partial charge in [-0.1, -0.05) is 12.1 Å². The van der Waals surface area contributed by atoms with Crippen molar-refractivity contribution in [3.63, 3.8) is 0 Å². The molecule has 1 unspecified atom stereocenters. The van der Waals surface area contributed by atoms with E-state index >= 15 is 0 Å². The Hall–Kier alpha value is -2.90. The normalized spacial score (nSPS) is 20.3. The van der Waals surface area contributed by atoms with Crippen molar-refractivity contribution in [2.45, 2.75) is 6.04 Å². The molecule has 0 radical (unpaired) electrons. The lowest BCUT2D eigenvalue weighted by molar-refractivity contribution is 0.0617. The van der Waals surface area contributed by atoms with Crippen molar-refractivity contribution in [1.82, 2.24) is 24.6 Å². The monoisotopic (exact) mass is 313 g/mol. The summed E-state index contributed by atoms with van der Waals surface area (Å²) in [5, 5.41) is 7.58. The second-order valence-corrected chi connectivity index (χ2v) is 5.56. The highest BCUT2D eigenvalue weighted by atomic mass is 16.6. The number of rotatable bonds is 2. The van der Waals surface area contributed by atoms with E-state index in [2.05, 4.69) is 10.2 Å². The zero-order valence-electron chi connectivity index (χ0n) is 12.3. The molecule has 2 aliphatic rings. The van der Waals surface area contributed by atoms with Gasteiger partial charge in [0.05, 0.1) is 17.3 Å². The van der Waals surface area contributed by atoms with Crippen LogP contribution >= 0.6 is 0 Å². The van der Waals surface area contributed by atoms with Crippen molar-refractivity contribution in [1.29, 1.82) is 0 Å². The second-order valence-electron chi connectivity index (χ2n) is 5.56. The van der Waals surface area contributed by atoms with E-state index in [-0.39, 0.29) is 18.0 Å². The first-order valence-electron chi connectivity index (χ1n) is 7.41. The molecule has 0 N–H and O–H groups in total. The summed E-state index contributed by atoms with van der Waals surface area (Å²) >= 11 is 0. The third-order valence-electron chi connectivity index (χ3n) is 4.24. The van der Waals surface area contributed by atoms with E-state index in [9.17, 15) is 9.59 Å². The number of hydrogen-bond donors (Lipinski definition) is 0. The van der Waals surface area contributed by atoms with Crippen LogP contribution in [0.5, 0.6) is 0 Å². The Morgan fingerprint density at radius 2 is 1.96 bits per heavy atom. The molecule has 0 saturated carbocycles. The molecule has 4 rings (SSSR count). The number of carbonyl (C=O) groups excluding carboxylic acids is 2. The van der Waals surface area contributed by atoms with E-state index in [1.54, 1.807) is 33.1 Å². The quantitative estimate of drug-likeness (QED) is 0.808. The van der Waals surface area contributed by atoms with Crippen LogP contribution in [0.15, 0.2) is 36.9 Å². The molecular weight excluding hydrogens is 298 g/mol. The summed E-state index contributed by atoms with van der Waals surface area (Å²) in [6.07, 6.45) is 2.84. The van der Waals surface area contributed by atoms with Gasteiger partial charge in [0, 0.05) is 19.6 Å². The zero-order chi connectivity index (χ0) is 15.8. The van der Waals surface area contributed by atoms with E-state index in [1.165, 1.54) is 0 Å². The molecule has 0 bridgehead atoms. The van der Waals surface area contributed by atoms with Crippen molar-refractivity contribution >= 4 is 12.0 Å². The van der Waals surface area contributed by atoms with Crippen LogP contribution in [0.1, 0.15) is 10.4 Å². The van der Waals surface area contributed by atoms with Crippen molar-refractivity contribution in [2.75, 3.05) is 26.2 Å². The third kappa shape index (κ3) is 2.32. The fourth-order valence-corrected chi connectivity index (χ4v) is 3.05. The van der Waals surface area contributed by atoms with E-state index in [0.29, 0.717) is 31.8 Å². The number of benzene rings is 1. The number of carbonyl (C=O) groups is 2. The average Bonchev–Trinajstić information content (AvgIpc) is 3.24. The van der Waals surface area contributed by atoms with Crippen LogP contribution in [0, 0.1) is 0 Å². The van der Waals surface area contributed by atoms with Crippen LogP contribution in [-0.4, -0.2) is 68.8 Å². The molecule has 2 saturated heterocycles. The number of ether oxygens (including phenoxy) is 1. The highest BCUT2D eigenvalue weighted by molar-refractivity contribution is 5.98. The van der Waals surface area contributed by atoms with Gasteiger partial charge in [-0.05, 0) is 12.1 Å². The molecule has 2 aliphatic heterocycles. The van der Waals surface area contributed by atoms with Crippen LogP contribution in [0.25, 0.3) is 5.69 Å². The largest absolute Gasteiger partial charge is 0.447 e. The molecule has 8 heteroatoms. The number of nitrogens with zero attached hydrogens (tertiary/aromatic N) is 5. The molecule has 1 aromatic carbocycles. The standard InChI is InChI=1S/C15H15N5O3/c21-14(18-5-6-20-11(7-18)8-23-15(20)22)12-3-1-2-4-13(12)19-9-16-17-10-19/h1-4,9-11H,5-8H2. The van der Waals surface area contributed by atoms with Gasteiger partial charge in [-0.15, -0.1) is 10.2 Å². The Kier molecular flexibility index (Phi) is 3.22. The summed E-state index contributed by atoms with van der Waals surface area (Å²) in [5.41, 5.74) is 1.33. The summed E-state index contributed by atoms with van der Waals surface area (Å²) in [7, 11) is 0. The Morgan fingerprint density at radius 3 is 2.78 bits per heavy atom. The fourth-order valence-electron chi connectivity index (χ4n) is 3.05. The van der Waals surface area contributed by atoms with Crippen LogP contribution in [0.2, 0.25) is 0 Å². The van der Waals surface area contributed by atoms with Gasteiger partial charge < -0.3 is 9.64 Å². The Labute approximate surface area is 132 Å². The summed E-state index contributed by atoms with van der Waals surface area (Å²) in [6, 6.07) is 7.30. The maximum atomic E-state index is 12.9. The molecule has 1 atom stereocenters. The van der Waals surface area contributed by atoms with Gasteiger partial charge in [0.2, 0.25) is 0 Å². The van der Waals surface area contributed by atoms with Crippen LogP contribution in [-0.2, 0) is 4.74 Å². The van der Waals surface area contributed by atoms with Crippen molar-refractivity contribution in [3.8, 4) is 5.69 Å². The Balaban J connectivity index is 1.60. The maximum absolute atomic E-state index is 12.9. The lowest BCUT2D eigenvalue weighted by Gasteiger charge is -2.35. The van der Waals surface area contributed by atoms with Gasteiger partial charge in [-0.2, -0.15) is 0 Å². The molecule has 0 spiro atoms. The van der Waals surface area contributed by atoms with Gasteiger partial charge in [-0.3, -0.25) is 14.3 Å². The predicted molar refractivity (Wildman–Crippen MR) is 79.1 cm³/mol. The molecule has 1 aromatic heterocycles. The minimum absolute atomic E-state index is 0.0535. The van der Waals surface area contributed by atoms with E-state index < -0.39 is 0 Å². The Bertz CT molecular complexity index is 745. The zero-order valence-corrected chi connectivity index (χ0v) is 12.3. The number of hydrogen-bond acceptors (Lipinski definition) is 5. The molecule has 2 amide bonds. The van der Waals surface area contributed by atoms with Crippen molar-refractivity contribution in [2.24, 2.45) is 0 Å². The molecule has 23 heavy (non-hydrogen) atoms. The molecule has 118 valence electrons. The second kappa shape index (κ2) is 5.38. The van der Waals surface area contributed by atoms with Crippen LogP contribution < -0.4 is 0 Å². The highest BCUT2D eigenvalue weighted by Gasteiger charge is 2.39. The van der Waals surface area contributed by atoms with E-state index in [4.69, 9.17) is 4.74 Å². The van der Waals surface area contributed by atoms with E-state index in [0.717, 1.165) is 5.69 Å². The summed E-state index contributed by atoms with van der Waals surface area (Å²) in [4.78, 5) is 27.9. The number of piperazine rings is 1. The van der Waals surface area contributed by atoms with Gasteiger partial charge in [0.1, 0.15) is 19.3 Å². The van der Waals surface area contributed by atoms with Crippen LogP contribution in [0.3, 0.4) is 0 Å². The minimum Gasteiger partial charge on any atom is -0.447 e. The maximum Gasteiger partial charge on any atom is 0.410 e. The summed E-state index contributed by atoms with van der Waals surface area (Å²) in [5.74, 6) is -0.0618. The number of aromatic nitrogens is 3. The number of amides is 2. The van der Waals surface area contributed by atoms with Crippen molar-refractivity contribution in [3.05, 3.63) is 42.5 Å². The average molecular weight is 313 g/mol. The van der Waals surface area contributed by atoms with Crippen molar-refractivity contribution < 1.29 is 14.3 Å². The molecule has 0 aliphatic carbocycles. The van der Waals surface area contributed by atoms with E-state index in [1.807, 2.05) is 18.2 Å². The first-order chi connectivity index (χ1) is 11.2. The molecule has 3 heterocycles. The predicted octanol–water partition coefficient (Wildman–Crippen LogP) is 0.544. The molecule has 2 aromatic rings. The smallest absolute Gasteiger partial charge is 0.410 e. The fraction of sp³-hybridized carbons (Fsp3) is 0.333. The first-order valence-corrected chi connectivity index (χ1v) is 7.41. The Morgan fingerprint density at radius 1 is 1.17 bits per heavy atom. The molecular formula is C15H15N5O3. The molecule has 8 nitrogen and oxygen atoms in total. The van der Waals surface area contributed by atoms with Gasteiger partial charge in [0.25, 0.3) is 5.91 Å². The SMILES string of the molecule is O=C(c1ccccc1-n1cnnc1)N1CCN2C(=O)OCC2C1. The minimum atomic E-state index is -0.285. The topological polar surface area (TPSA) is 80.6 Å². The van der Waals surface area contributed by atoms with Gasteiger partial charge >= 0.3 is 6.09 Å².